The molecule has 0 aliphatic rings. The zero-order valence-electron chi connectivity index (χ0n) is 10.6. The number of hydrogen-bond acceptors (Lipinski definition) is 2. The van der Waals surface area contributed by atoms with Gasteiger partial charge in [0.2, 0.25) is 0 Å². The highest BCUT2D eigenvalue weighted by Crippen LogP contribution is 2.27. The molecule has 4 heteroatoms. The molecule has 2 amide bonds. The Kier molecular flexibility index (Phi) is 3.81. The van der Waals surface area contributed by atoms with E-state index in [0.717, 1.165) is 16.7 Å². The van der Waals surface area contributed by atoms with Crippen molar-refractivity contribution in [3.05, 3.63) is 60.2 Å². The fraction of sp³-hybridized carbons (Fsp3) is 0.133. The summed E-state index contributed by atoms with van der Waals surface area (Å²) in [5.41, 5.74) is 8.29. The van der Waals surface area contributed by atoms with Gasteiger partial charge in [-0.25, -0.2) is 4.79 Å². The number of carbonyl (C=O) groups excluding carboxylic acids is 1. The van der Waals surface area contributed by atoms with Gasteiger partial charge in [0.1, 0.15) is 4.87 Å². The molecule has 3 N–H and O–H groups in total. The van der Waals surface area contributed by atoms with Crippen LogP contribution in [0.15, 0.2) is 54.6 Å². The first-order chi connectivity index (χ1) is 8.99. The van der Waals surface area contributed by atoms with Gasteiger partial charge >= 0.3 is 6.03 Å². The molecule has 0 aromatic heterocycles. The lowest BCUT2D eigenvalue weighted by Gasteiger charge is -2.24. The average Bonchev–Trinajstić information content (AvgIpc) is 2.38. The second kappa shape index (κ2) is 5.36. The number of primary amides is 1. The monoisotopic (exact) mass is 272 g/mol. The summed E-state index contributed by atoms with van der Waals surface area (Å²) in [5.74, 6) is 0. The third kappa shape index (κ3) is 3.29. The normalized spacial score (nSPS) is 13.6. The molecule has 0 radical (unpaired) electrons. The van der Waals surface area contributed by atoms with E-state index in [1.807, 2.05) is 42.5 Å². The number of thiol groups is 1. The molecule has 1 atom stereocenters. The summed E-state index contributed by atoms with van der Waals surface area (Å²) in [6.07, 6.45) is 0. The number of urea groups is 1. The molecule has 0 aliphatic heterocycles. The van der Waals surface area contributed by atoms with Crippen molar-refractivity contribution in [2.24, 2.45) is 5.73 Å². The molecule has 0 heterocycles. The molecule has 0 fully saturated rings. The van der Waals surface area contributed by atoms with E-state index < -0.39 is 10.9 Å². The summed E-state index contributed by atoms with van der Waals surface area (Å²) in [7, 11) is 0. The van der Waals surface area contributed by atoms with E-state index in [4.69, 9.17) is 5.73 Å². The minimum Gasteiger partial charge on any atom is -0.352 e. The third-order valence-corrected chi connectivity index (χ3v) is 3.29. The second-order valence-electron chi connectivity index (χ2n) is 4.50. The van der Waals surface area contributed by atoms with Crippen LogP contribution in [0.25, 0.3) is 11.1 Å². The molecule has 2 rings (SSSR count). The summed E-state index contributed by atoms with van der Waals surface area (Å²) < 4.78 is 0. The first kappa shape index (κ1) is 13.5. The van der Waals surface area contributed by atoms with Crippen molar-refractivity contribution in [2.75, 3.05) is 0 Å². The van der Waals surface area contributed by atoms with E-state index in [1.165, 1.54) is 0 Å². The van der Waals surface area contributed by atoms with E-state index in [2.05, 4.69) is 30.1 Å². The van der Waals surface area contributed by atoms with Crippen molar-refractivity contribution in [3.8, 4) is 11.1 Å². The lowest BCUT2D eigenvalue weighted by Crippen LogP contribution is -2.42. The van der Waals surface area contributed by atoms with Crippen molar-refractivity contribution < 1.29 is 4.79 Å². The molecular formula is C15H16N2OS. The van der Waals surface area contributed by atoms with Gasteiger partial charge in [-0.15, -0.1) is 12.6 Å². The third-order valence-electron chi connectivity index (χ3n) is 2.92. The van der Waals surface area contributed by atoms with Crippen molar-refractivity contribution in [2.45, 2.75) is 11.8 Å². The van der Waals surface area contributed by atoms with E-state index in [9.17, 15) is 4.79 Å². The first-order valence-electron chi connectivity index (χ1n) is 5.95. The van der Waals surface area contributed by atoms with Gasteiger partial charge in [0.15, 0.2) is 0 Å². The molecule has 98 valence electrons. The number of nitrogens with two attached hydrogens (primary N) is 1. The van der Waals surface area contributed by atoms with Gasteiger partial charge in [0.05, 0.1) is 0 Å². The Morgan fingerprint density at radius 1 is 1.05 bits per heavy atom. The van der Waals surface area contributed by atoms with Crippen LogP contribution in [0.5, 0.6) is 0 Å². The zero-order chi connectivity index (χ0) is 13.9. The lowest BCUT2D eigenvalue weighted by molar-refractivity contribution is 0.244. The van der Waals surface area contributed by atoms with Crippen LogP contribution in [-0.4, -0.2) is 6.03 Å². The van der Waals surface area contributed by atoms with Crippen molar-refractivity contribution in [3.63, 3.8) is 0 Å². The van der Waals surface area contributed by atoms with Crippen LogP contribution in [0, 0.1) is 0 Å². The number of rotatable bonds is 3. The molecule has 2 aromatic carbocycles. The van der Waals surface area contributed by atoms with Gasteiger partial charge in [0, 0.05) is 0 Å². The molecule has 0 bridgehead atoms. The van der Waals surface area contributed by atoms with E-state index >= 15 is 0 Å². The van der Waals surface area contributed by atoms with Crippen LogP contribution in [0.2, 0.25) is 0 Å². The SMILES string of the molecule is CC(S)(NC(N)=O)c1ccc(-c2ccccc2)cc1. The first-order valence-corrected chi connectivity index (χ1v) is 6.40. The van der Waals surface area contributed by atoms with Crippen LogP contribution in [0.4, 0.5) is 4.79 Å². The predicted octanol–water partition coefficient (Wildman–Crippen LogP) is 3.12. The Labute approximate surface area is 118 Å². The van der Waals surface area contributed by atoms with E-state index in [0.29, 0.717) is 0 Å². The van der Waals surface area contributed by atoms with Gasteiger partial charge in [0.25, 0.3) is 0 Å². The summed E-state index contributed by atoms with van der Waals surface area (Å²) in [4.78, 5) is 10.2. The predicted molar refractivity (Wildman–Crippen MR) is 80.9 cm³/mol. The Hall–Kier alpha value is -1.94. The van der Waals surface area contributed by atoms with Crippen molar-refractivity contribution in [1.82, 2.24) is 5.32 Å². The number of amides is 2. The van der Waals surface area contributed by atoms with Crippen LogP contribution < -0.4 is 11.1 Å². The summed E-state index contributed by atoms with van der Waals surface area (Å²) >= 11 is 4.43. The molecule has 19 heavy (non-hydrogen) atoms. The Morgan fingerprint density at radius 2 is 1.58 bits per heavy atom. The number of nitrogens with one attached hydrogen (secondary N) is 1. The second-order valence-corrected chi connectivity index (χ2v) is 5.40. The smallest absolute Gasteiger partial charge is 0.313 e. The molecule has 3 nitrogen and oxygen atoms in total. The molecule has 0 spiro atoms. The Bertz CT molecular complexity index is 564. The lowest BCUT2D eigenvalue weighted by atomic mass is 10.0. The summed E-state index contributed by atoms with van der Waals surface area (Å²) in [5, 5.41) is 2.60. The molecule has 2 aromatic rings. The maximum atomic E-state index is 10.9. The van der Waals surface area contributed by atoms with Crippen molar-refractivity contribution in [1.29, 1.82) is 0 Å². The number of benzene rings is 2. The van der Waals surface area contributed by atoms with Crippen LogP contribution in [0.3, 0.4) is 0 Å². The van der Waals surface area contributed by atoms with Gasteiger partial charge < -0.3 is 11.1 Å². The maximum absolute atomic E-state index is 10.9. The molecular weight excluding hydrogens is 256 g/mol. The molecule has 0 saturated carbocycles. The molecule has 0 saturated heterocycles. The van der Waals surface area contributed by atoms with Gasteiger partial charge in [-0.1, -0.05) is 54.6 Å². The average molecular weight is 272 g/mol. The number of carbonyl (C=O) groups is 1. The standard InChI is InChI=1S/C15H16N2OS/c1-15(19,17-14(16)18)13-9-7-12(8-10-13)11-5-3-2-4-6-11/h2-10,19H,1H3,(H3,16,17,18). The highest BCUT2D eigenvalue weighted by Gasteiger charge is 2.22. The fourth-order valence-corrected chi connectivity index (χ4v) is 2.19. The maximum Gasteiger partial charge on any atom is 0.313 e. The van der Waals surface area contributed by atoms with Gasteiger partial charge in [-0.2, -0.15) is 0 Å². The zero-order valence-corrected chi connectivity index (χ0v) is 11.5. The highest BCUT2D eigenvalue weighted by atomic mass is 32.1. The summed E-state index contributed by atoms with van der Waals surface area (Å²) in [6.45, 7) is 1.79. The van der Waals surface area contributed by atoms with Gasteiger partial charge in [-0.3, -0.25) is 0 Å². The highest BCUT2D eigenvalue weighted by molar-refractivity contribution is 7.81. The Balaban J connectivity index is 2.26. The molecule has 0 aliphatic carbocycles. The minimum absolute atomic E-state index is 0.593. The minimum atomic E-state index is -0.777. The van der Waals surface area contributed by atoms with Crippen LogP contribution in [0.1, 0.15) is 12.5 Å². The molecule has 1 unspecified atom stereocenters. The number of hydrogen-bond donors (Lipinski definition) is 3. The van der Waals surface area contributed by atoms with Crippen molar-refractivity contribution >= 4 is 18.7 Å². The Morgan fingerprint density at radius 3 is 2.11 bits per heavy atom. The van der Waals surface area contributed by atoms with E-state index in [1.54, 1.807) is 6.92 Å². The fourth-order valence-electron chi connectivity index (χ4n) is 1.93. The van der Waals surface area contributed by atoms with E-state index in [-0.39, 0.29) is 0 Å². The largest absolute Gasteiger partial charge is 0.352 e. The summed E-state index contributed by atoms with van der Waals surface area (Å²) in [6, 6.07) is 17.4. The quantitative estimate of drug-likeness (QED) is 0.583. The van der Waals surface area contributed by atoms with Crippen LogP contribution in [-0.2, 0) is 4.87 Å². The van der Waals surface area contributed by atoms with Gasteiger partial charge in [-0.05, 0) is 23.6 Å². The van der Waals surface area contributed by atoms with Crippen LogP contribution >= 0.6 is 12.6 Å². The topological polar surface area (TPSA) is 55.1 Å².